The van der Waals surface area contributed by atoms with E-state index in [0.717, 1.165) is 44.1 Å². The predicted octanol–water partition coefficient (Wildman–Crippen LogP) is 1.62. The Labute approximate surface area is 125 Å². The fourth-order valence-corrected chi connectivity index (χ4v) is 4.18. The van der Waals surface area contributed by atoms with Gasteiger partial charge in [0.1, 0.15) is 0 Å². The van der Waals surface area contributed by atoms with Crippen LogP contribution in [-0.2, 0) is 11.2 Å². The summed E-state index contributed by atoms with van der Waals surface area (Å²) < 4.78 is 0. The highest BCUT2D eigenvalue weighted by Gasteiger charge is 2.39. The molecule has 2 saturated heterocycles. The number of piperidine rings is 1. The van der Waals surface area contributed by atoms with Crippen LogP contribution in [0.3, 0.4) is 0 Å². The van der Waals surface area contributed by atoms with E-state index < -0.39 is 0 Å². The van der Waals surface area contributed by atoms with Crippen molar-refractivity contribution in [2.45, 2.75) is 37.8 Å². The lowest BCUT2D eigenvalue weighted by Gasteiger charge is -2.25. The van der Waals surface area contributed by atoms with Gasteiger partial charge < -0.3 is 10.6 Å². The summed E-state index contributed by atoms with van der Waals surface area (Å²) in [6.45, 7) is 3.24. The Morgan fingerprint density at radius 3 is 2.95 bits per heavy atom. The molecule has 4 heteroatoms. The molecule has 1 aromatic rings. The van der Waals surface area contributed by atoms with Crippen molar-refractivity contribution < 1.29 is 4.79 Å². The molecule has 3 atom stereocenters. The Hall–Kier alpha value is -1.39. The van der Waals surface area contributed by atoms with Gasteiger partial charge in [0.25, 0.3) is 0 Å². The predicted molar refractivity (Wildman–Crippen MR) is 83.3 cm³/mol. The first-order valence-electron chi connectivity index (χ1n) is 8.17. The zero-order valence-electron chi connectivity index (χ0n) is 12.3. The van der Waals surface area contributed by atoms with Crippen molar-refractivity contribution in [3.8, 4) is 0 Å². The molecule has 112 valence electrons. The van der Waals surface area contributed by atoms with Crippen molar-refractivity contribution in [3.05, 3.63) is 29.8 Å². The topological polar surface area (TPSA) is 44.4 Å². The number of benzene rings is 1. The smallest absolute Gasteiger partial charge is 0.241 e. The van der Waals surface area contributed by atoms with Crippen LogP contribution in [0.25, 0.3) is 0 Å². The lowest BCUT2D eigenvalue weighted by Crippen LogP contribution is -2.44. The number of nitrogens with zero attached hydrogens (tertiary/aromatic N) is 1. The second-order valence-electron chi connectivity index (χ2n) is 6.62. The van der Waals surface area contributed by atoms with Crippen LogP contribution in [0.5, 0.6) is 0 Å². The summed E-state index contributed by atoms with van der Waals surface area (Å²) in [5.74, 6) is 0.913. The number of rotatable bonds is 1. The SMILES string of the molecule is O=C1Nc2ccccc2CCC1N1C[C@@H]2CCCN[C@@H]2C1. The van der Waals surface area contributed by atoms with Gasteiger partial charge in [0.15, 0.2) is 0 Å². The number of amides is 1. The highest BCUT2D eigenvalue weighted by Crippen LogP contribution is 2.30. The Morgan fingerprint density at radius 2 is 2.05 bits per heavy atom. The maximum Gasteiger partial charge on any atom is 0.241 e. The van der Waals surface area contributed by atoms with Crippen molar-refractivity contribution in [3.63, 3.8) is 0 Å². The number of carbonyl (C=O) groups is 1. The lowest BCUT2D eigenvalue weighted by molar-refractivity contribution is -0.121. The lowest BCUT2D eigenvalue weighted by atomic mass is 9.94. The first-order valence-corrected chi connectivity index (χ1v) is 8.17. The van der Waals surface area contributed by atoms with Crippen molar-refractivity contribution >= 4 is 11.6 Å². The van der Waals surface area contributed by atoms with Gasteiger partial charge in [-0.1, -0.05) is 18.2 Å². The number of fused-ring (bicyclic) bond motifs is 2. The molecule has 0 aliphatic carbocycles. The van der Waals surface area contributed by atoms with Crippen LogP contribution in [0.15, 0.2) is 24.3 Å². The van der Waals surface area contributed by atoms with Gasteiger partial charge in [-0.2, -0.15) is 0 Å². The Kier molecular flexibility index (Phi) is 3.43. The molecule has 2 fully saturated rings. The van der Waals surface area contributed by atoms with Gasteiger partial charge in [-0.3, -0.25) is 9.69 Å². The third-order valence-corrected chi connectivity index (χ3v) is 5.33. The van der Waals surface area contributed by atoms with Gasteiger partial charge in [0, 0.05) is 24.8 Å². The molecule has 3 aliphatic rings. The van der Waals surface area contributed by atoms with Crippen molar-refractivity contribution in [1.29, 1.82) is 0 Å². The Balaban J connectivity index is 1.50. The van der Waals surface area contributed by atoms with E-state index in [1.807, 2.05) is 12.1 Å². The summed E-state index contributed by atoms with van der Waals surface area (Å²) in [6.07, 6.45) is 4.50. The largest absolute Gasteiger partial charge is 0.324 e. The van der Waals surface area contributed by atoms with Gasteiger partial charge in [-0.05, 0) is 49.8 Å². The monoisotopic (exact) mass is 285 g/mol. The average molecular weight is 285 g/mol. The van der Waals surface area contributed by atoms with E-state index >= 15 is 0 Å². The van der Waals surface area contributed by atoms with Gasteiger partial charge in [0.05, 0.1) is 6.04 Å². The second kappa shape index (κ2) is 5.43. The molecule has 4 nitrogen and oxygen atoms in total. The van der Waals surface area contributed by atoms with Gasteiger partial charge in [-0.25, -0.2) is 0 Å². The minimum absolute atomic E-state index is 0.0322. The number of likely N-dealkylation sites (tertiary alicyclic amines) is 1. The normalized spacial score (nSPS) is 33.0. The van der Waals surface area contributed by atoms with E-state index in [1.165, 1.54) is 18.4 Å². The van der Waals surface area contributed by atoms with Crippen molar-refractivity contribution in [2.75, 3.05) is 25.0 Å². The van der Waals surface area contributed by atoms with E-state index in [9.17, 15) is 4.79 Å². The third-order valence-electron chi connectivity index (χ3n) is 5.33. The van der Waals surface area contributed by atoms with Crippen LogP contribution in [0.4, 0.5) is 5.69 Å². The number of nitrogens with one attached hydrogen (secondary N) is 2. The first-order chi connectivity index (χ1) is 10.3. The Morgan fingerprint density at radius 1 is 1.14 bits per heavy atom. The zero-order valence-corrected chi connectivity index (χ0v) is 12.3. The minimum atomic E-state index is 0.0322. The summed E-state index contributed by atoms with van der Waals surface area (Å²) in [5, 5.41) is 6.75. The highest BCUT2D eigenvalue weighted by molar-refractivity contribution is 5.96. The minimum Gasteiger partial charge on any atom is -0.324 e. The summed E-state index contributed by atoms with van der Waals surface area (Å²) in [5.41, 5.74) is 2.27. The molecule has 4 rings (SSSR count). The number of hydrogen-bond acceptors (Lipinski definition) is 3. The highest BCUT2D eigenvalue weighted by atomic mass is 16.2. The average Bonchev–Trinajstić information content (AvgIpc) is 2.84. The van der Waals surface area contributed by atoms with E-state index in [1.54, 1.807) is 0 Å². The van der Waals surface area contributed by atoms with Crippen LogP contribution < -0.4 is 10.6 Å². The number of carbonyl (C=O) groups excluding carboxylic acids is 1. The molecule has 0 bridgehead atoms. The molecule has 0 aromatic heterocycles. The van der Waals surface area contributed by atoms with Gasteiger partial charge >= 0.3 is 0 Å². The Bertz CT molecular complexity index is 531. The molecule has 0 radical (unpaired) electrons. The first kappa shape index (κ1) is 13.3. The maximum atomic E-state index is 12.6. The molecular weight excluding hydrogens is 262 g/mol. The summed E-state index contributed by atoms with van der Waals surface area (Å²) >= 11 is 0. The van der Waals surface area contributed by atoms with Gasteiger partial charge in [0.2, 0.25) is 5.91 Å². The number of hydrogen-bond donors (Lipinski definition) is 2. The van der Waals surface area contributed by atoms with E-state index in [0.29, 0.717) is 6.04 Å². The third kappa shape index (κ3) is 2.47. The van der Waals surface area contributed by atoms with Gasteiger partial charge in [-0.15, -0.1) is 0 Å². The molecule has 3 aliphatic heterocycles. The van der Waals surface area contributed by atoms with Crippen LogP contribution in [0.1, 0.15) is 24.8 Å². The molecule has 0 saturated carbocycles. The number of anilines is 1. The summed E-state index contributed by atoms with van der Waals surface area (Å²) in [6, 6.07) is 8.82. The fraction of sp³-hybridized carbons (Fsp3) is 0.588. The zero-order chi connectivity index (χ0) is 14.2. The maximum absolute atomic E-state index is 12.6. The quantitative estimate of drug-likeness (QED) is 0.824. The fourth-order valence-electron chi connectivity index (χ4n) is 4.18. The number of aryl methyl sites for hydroxylation is 1. The number of para-hydroxylation sites is 1. The molecule has 21 heavy (non-hydrogen) atoms. The van der Waals surface area contributed by atoms with E-state index in [-0.39, 0.29) is 11.9 Å². The van der Waals surface area contributed by atoms with Crippen LogP contribution in [0, 0.1) is 5.92 Å². The van der Waals surface area contributed by atoms with Crippen molar-refractivity contribution in [1.82, 2.24) is 10.2 Å². The molecule has 1 unspecified atom stereocenters. The summed E-state index contributed by atoms with van der Waals surface area (Å²) in [4.78, 5) is 15.0. The van der Waals surface area contributed by atoms with E-state index in [2.05, 4.69) is 27.7 Å². The molecule has 3 heterocycles. The van der Waals surface area contributed by atoms with E-state index in [4.69, 9.17) is 0 Å². The molecule has 2 N–H and O–H groups in total. The molecule has 1 amide bonds. The molecular formula is C17H23N3O. The summed E-state index contributed by atoms with van der Waals surface area (Å²) in [7, 11) is 0. The standard InChI is InChI=1S/C17H23N3O/c21-17-16(8-7-12-4-1-2-6-14(12)19-17)20-10-13-5-3-9-18-15(13)11-20/h1-2,4,6,13,15-16,18H,3,5,7-11H2,(H,19,21)/t13-,15+,16?/m0/s1. The van der Waals surface area contributed by atoms with Crippen LogP contribution in [0.2, 0.25) is 0 Å². The second-order valence-corrected chi connectivity index (χ2v) is 6.62. The molecule has 1 aromatic carbocycles. The van der Waals surface area contributed by atoms with Crippen LogP contribution >= 0.6 is 0 Å². The van der Waals surface area contributed by atoms with Crippen LogP contribution in [-0.4, -0.2) is 42.5 Å². The van der Waals surface area contributed by atoms with Crippen molar-refractivity contribution in [2.24, 2.45) is 5.92 Å². The molecule has 0 spiro atoms.